The van der Waals surface area contributed by atoms with Crippen LogP contribution in [-0.4, -0.2) is 40.4 Å². The third kappa shape index (κ3) is 11.7. The fraction of sp³-hybridized carbons (Fsp3) is 0.848. The van der Waals surface area contributed by atoms with Gasteiger partial charge in [0.25, 0.3) is 0 Å². The van der Waals surface area contributed by atoms with Gasteiger partial charge in [0.2, 0.25) is 0 Å². The molecule has 0 bridgehead atoms. The molecule has 2 rings (SSSR count). The van der Waals surface area contributed by atoms with Crippen LogP contribution in [0.3, 0.4) is 0 Å². The Balaban J connectivity index is 1.55. The van der Waals surface area contributed by atoms with Gasteiger partial charge in [0.15, 0.2) is 0 Å². The van der Waals surface area contributed by atoms with Gasteiger partial charge in [-0.05, 0) is 69.1 Å². The summed E-state index contributed by atoms with van der Waals surface area (Å²) < 4.78 is 5.39. The number of carbonyl (C=O) groups excluding carboxylic acids is 1. The molecule has 0 saturated heterocycles. The topological polar surface area (TPSA) is 66.8 Å². The third-order valence-electron chi connectivity index (χ3n) is 9.19. The summed E-state index contributed by atoms with van der Waals surface area (Å²) in [5.74, 6) is 0.141. The van der Waals surface area contributed by atoms with Gasteiger partial charge < -0.3 is 14.9 Å². The average Bonchev–Trinajstić information content (AvgIpc) is 3.14. The van der Waals surface area contributed by atoms with E-state index in [1.165, 1.54) is 51.4 Å². The molecule has 5 heteroatoms. The Kier molecular flexibility index (Phi) is 16.9. The van der Waals surface area contributed by atoms with Gasteiger partial charge in [-0.2, -0.15) is 0 Å². The molecule has 0 radical (unpaired) electrons. The number of unbranched alkanes of at least 4 members (excludes halogenated alkanes) is 9. The Morgan fingerprint density at radius 3 is 2.32 bits per heavy atom. The molecular formula is C33H57ClO4. The number of aliphatic hydroxyl groups excluding tert-OH is 2. The number of alkyl halides is 1. The van der Waals surface area contributed by atoms with Gasteiger partial charge in [-0.3, -0.25) is 4.79 Å². The molecule has 4 nitrogen and oxygen atoms in total. The highest BCUT2D eigenvalue weighted by Crippen LogP contribution is 2.48. The summed E-state index contributed by atoms with van der Waals surface area (Å²) in [5.41, 5.74) is 0.107. The highest BCUT2D eigenvalue weighted by Gasteiger charge is 2.42. The average molecular weight is 553 g/mol. The monoisotopic (exact) mass is 552 g/mol. The zero-order chi connectivity index (χ0) is 27.6. The van der Waals surface area contributed by atoms with E-state index in [1.54, 1.807) is 0 Å². The van der Waals surface area contributed by atoms with Gasteiger partial charge in [-0.15, -0.1) is 11.6 Å². The molecule has 5 atom stereocenters. The number of rotatable bonds is 21. The maximum atomic E-state index is 12.0. The number of hydrogen-bond acceptors (Lipinski definition) is 4. The third-order valence-corrected chi connectivity index (χ3v) is 9.69. The second-order valence-electron chi connectivity index (χ2n) is 12.0. The van der Waals surface area contributed by atoms with E-state index in [2.05, 4.69) is 38.2 Å². The van der Waals surface area contributed by atoms with Crippen molar-refractivity contribution in [3.8, 4) is 0 Å². The van der Waals surface area contributed by atoms with E-state index in [0.717, 1.165) is 51.4 Å². The molecule has 0 aliphatic heterocycles. The number of hydrogen-bond donors (Lipinski definition) is 2. The fourth-order valence-electron chi connectivity index (χ4n) is 6.24. The summed E-state index contributed by atoms with van der Waals surface area (Å²) in [6.07, 6.45) is 27.8. The van der Waals surface area contributed by atoms with Gasteiger partial charge in [0.05, 0.1) is 18.8 Å². The largest absolute Gasteiger partial charge is 0.466 e. The quantitative estimate of drug-likeness (QED) is 0.0646. The minimum Gasteiger partial charge on any atom is -0.466 e. The van der Waals surface area contributed by atoms with Gasteiger partial charge in [-0.25, -0.2) is 0 Å². The van der Waals surface area contributed by atoms with Crippen LogP contribution in [0, 0.1) is 17.3 Å². The standard InChI is InChI=1S/C33H57ClO4/c1-3-5-6-7-8-9-10-13-16-25-38-32(37)22-15-12-11-14-19-27-28(30(35)26-29(27)34)20-17-21-31(36)33(4-2)23-18-24-33/h11,14,17,20,27-31,35-36H,3-10,12-13,15-16,18-19,21-26H2,1-2H3/b14-11-,20-17+/t27-,28-,29-,30-,31+/m1/s1. The van der Waals surface area contributed by atoms with E-state index in [9.17, 15) is 15.0 Å². The van der Waals surface area contributed by atoms with Crippen molar-refractivity contribution < 1.29 is 19.7 Å². The van der Waals surface area contributed by atoms with Crippen molar-refractivity contribution in [1.29, 1.82) is 0 Å². The van der Waals surface area contributed by atoms with Crippen LogP contribution < -0.4 is 0 Å². The summed E-state index contributed by atoms with van der Waals surface area (Å²) in [5, 5.41) is 21.2. The first kappa shape index (κ1) is 33.4. The molecule has 0 aromatic carbocycles. The second kappa shape index (κ2) is 19.3. The summed E-state index contributed by atoms with van der Waals surface area (Å²) in [4.78, 5) is 12.0. The van der Waals surface area contributed by atoms with E-state index in [1.807, 2.05) is 0 Å². The van der Waals surface area contributed by atoms with Crippen molar-refractivity contribution in [2.24, 2.45) is 17.3 Å². The Bertz CT molecular complexity index is 681. The molecule has 38 heavy (non-hydrogen) atoms. The molecule has 2 fully saturated rings. The van der Waals surface area contributed by atoms with Crippen molar-refractivity contribution in [1.82, 2.24) is 0 Å². The van der Waals surface area contributed by atoms with E-state index in [0.29, 0.717) is 25.9 Å². The number of carbonyl (C=O) groups is 1. The normalized spacial score (nSPS) is 25.7. The van der Waals surface area contributed by atoms with Gasteiger partial charge >= 0.3 is 5.97 Å². The SMILES string of the molecule is CCCCCCCCCCCOC(=O)CCC/C=C\C[C@@H]1[C@@H](/C=C/C[C@H](O)C2(CC)CCC2)[C@H](O)C[C@H]1Cl. The molecule has 2 N–H and O–H groups in total. The Morgan fingerprint density at radius 1 is 1.00 bits per heavy atom. The number of aliphatic hydroxyl groups is 2. The van der Waals surface area contributed by atoms with Crippen LogP contribution in [0.15, 0.2) is 24.3 Å². The summed E-state index contributed by atoms with van der Waals surface area (Å²) >= 11 is 6.59. The Hall–Kier alpha value is -0.840. The lowest BCUT2D eigenvalue weighted by Gasteiger charge is -2.45. The van der Waals surface area contributed by atoms with Crippen LogP contribution in [0.2, 0.25) is 0 Å². The fourth-order valence-corrected chi connectivity index (χ4v) is 6.69. The predicted octanol–water partition coefficient (Wildman–Crippen LogP) is 8.67. The molecular weight excluding hydrogens is 496 g/mol. The van der Waals surface area contributed by atoms with Crippen LogP contribution in [0.4, 0.5) is 0 Å². The molecule has 2 saturated carbocycles. The van der Waals surface area contributed by atoms with E-state index >= 15 is 0 Å². The van der Waals surface area contributed by atoms with E-state index < -0.39 is 6.10 Å². The summed E-state index contributed by atoms with van der Waals surface area (Å²) in [6, 6.07) is 0. The lowest BCUT2D eigenvalue weighted by molar-refractivity contribution is -0.143. The zero-order valence-corrected chi connectivity index (χ0v) is 25.2. The van der Waals surface area contributed by atoms with Crippen LogP contribution in [0.1, 0.15) is 136 Å². The Labute approximate surface area is 238 Å². The molecule has 2 aliphatic carbocycles. The second-order valence-corrected chi connectivity index (χ2v) is 12.5. The first-order chi connectivity index (χ1) is 18.4. The van der Waals surface area contributed by atoms with Gasteiger partial charge in [-0.1, -0.05) is 95.9 Å². The molecule has 0 heterocycles. The number of ether oxygens (including phenoxy) is 1. The van der Waals surface area contributed by atoms with Crippen molar-refractivity contribution in [2.75, 3.05) is 6.61 Å². The molecule has 220 valence electrons. The molecule has 0 spiro atoms. The number of allylic oxidation sites excluding steroid dienone is 2. The lowest BCUT2D eigenvalue weighted by Crippen LogP contribution is -2.40. The Morgan fingerprint density at radius 2 is 1.68 bits per heavy atom. The van der Waals surface area contributed by atoms with Gasteiger partial charge in [0, 0.05) is 17.7 Å². The zero-order valence-electron chi connectivity index (χ0n) is 24.4. The van der Waals surface area contributed by atoms with Crippen molar-refractivity contribution >= 4 is 17.6 Å². The van der Waals surface area contributed by atoms with Crippen molar-refractivity contribution in [2.45, 2.75) is 153 Å². The lowest BCUT2D eigenvalue weighted by atomic mass is 9.63. The number of esters is 1. The number of halogens is 1. The minimum absolute atomic E-state index is 0.0318. The molecule has 0 aromatic heterocycles. The smallest absolute Gasteiger partial charge is 0.305 e. The predicted molar refractivity (Wildman–Crippen MR) is 159 cm³/mol. The first-order valence-electron chi connectivity index (χ1n) is 15.9. The van der Waals surface area contributed by atoms with Crippen LogP contribution in [0.25, 0.3) is 0 Å². The highest BCUT2D eigenvalue weighted by molar-refractivity contribution is 6.21. The summed E-state index contributed by atoms with van der Waals surface area (Å²) in [6.45, 7) is 4.98. The van der Waals surface area contributed by atoms with Gasteiger partial charge in [0.1, 0.15) is 0 Å². The maximum absolute atomic E-state index is 12.0. The van der Waals surface area contributed by atoms with E-state index in [4.69, 9.17) is 16.3 Å². The molecule has 2 aliphatic rings. The van der Waals surface area contributed by atoms with Crippen molar-refractivity contribution in [3.63, 3.8) is 0 Å². The van der Waals surface area contributed by atoms with Crippen LogP contribution in [0.5, 0.6) is 0 Å². The van der Waals surface area contributed by atoms with E-state index in [-0.39, 0.29) is 34.7 Å². The molecule has 0 unspecified atom stereocenters. The summed E-state index contributed by atoms with van der Waals surface area (Å²) in [7, 11) is 0. The molecule has 0 aromatic rings. The highest BCUT2D eigenvalue weighted by atomic mass is 35.5. The van der Waals surface area contributed by atoms with Crippen LogP contribution >= 0.6 is 11.6 Å². The van der Waals surface area contributed by atoms with Crippen molar-refractivity contribution in [3.05, 3.63) is 24.3 Å². The van der Waals surface area contributed by atoms with Crippen LogP contribution in [-0.2, 0) is 9.53 Å². The first-order valence-corrected chi connectivity index (χ1v) is 16.3. The minimum atomic E-state index is -0.423. The molecule has 0 amide bonds. The maximum Gasteiger partial charge on any atom is 0.305 e.